The number of carbonyl (C=O) groups excluding carboxylic acids is 1. The zero-order valence-corrected chi connectivity index (χ0v) is 13.2. The third-order valence-electron chi connectivity index (χ3n) is 3.93. The highest BCUT2D eigenvalue weighted by Gasteiger charge is 2.50. The van der Waals surface area contributed by atoms with E-state index in [1.54, 1.807) is 31.4 Å². The molecule has 0 spiro atoms. The van der Waals surface area contributed by atoms with E-state index in [0.29, 0.717) is 30.8 Å². The maximum atomic E-state index is 12.5. The van der Waals surface area contributed by atoms with Gasteiger partial charge in [0.05, 0.1) is 7.11 Å². The summed E-state index contributed by atoms with van der Waals surface area (Å²) in [4.78, 5) is 12.5. The number of hydrogen-bond acceptors (Lipinski definition) is 4. The number of nitrogens with zero attached hydrogens (tertiary/aromatic N) is 1. The van der Waals surface area contributed by atoms with Gasteiger partial charge < -0.3 is 10.1 Å². The smallest absolute Gasteiger partial charge is 0.246 e. The van der Waals surface area contributed by atoms with E-state index in [1.807, 2.05) is 0 Å². The molecule has 0 unspecified atom stereocenters. The van der Waals surface area contributed by atoms with Gasteiger partial charge in [-0.05, 0) is 44.0 Å². The summed E-state index contributed by atoms with van der Waals surface area (Å²) in [6.45, 7) is 1.94. The van der Waals surface area contributed by atoms with E-state index in [9.17, 15) is 13.2 Å². The van der Waals surface area contributed by atoms with E-state index in [-0.39, 0.29) is 0 Å². The molecule has 0 radical (unpaired) electrons. The van der Waals surface area contributed by atoms with E-state index < -0.39 is 20.7 Å². The van der Waals surface area contributed by atoms with Crippen LogP contribution in [0.25, 0.3) is 0 Å². The van der Waals surface area contributed by atoms with Crippen molar-refractivity contribution in [3.05, 3.63) is 24.3 Å². The molecule has 1 aromatic carbocycles. The standard InChI is InChI=1S/C14H20N2O4S/c1-14(9-4-10-16(2)21(14,18)19)13(17)15-11-5-7-12(20-3)8-6-11/h5-8H,4,9-10H2,1-3H3,(H,15,17)/t14-/m0/s1. The Bertz CT molecular complexity index is 627. The van der Waals surface area contributed by atoms with E-state index in [0.717, 1.165) is 0 Å². The van der Waals surface area contributed by atoms with Crippen molar-refractivity contribution < 1.29 is 17.9 Å². The van der Waals surface area contributed by atoms with Crippen molar-refractivity contribution in [1.82, 2.24) is 4.31 Å². The lowest BCUT2D eigenvalue weighted by Gasteiger charge is -2.36. The molecule has 0 saturated carbocycles. The minimum absolute atomic E-state index is 0.321. The fraction of sp³-hybridized carbons (Fsp3) is 0.500. The molecule has 1 atom stereocenters. The molecule has 1 aliphatic heterocycles. The van der Waals surface area contributed by atoms with Crippen molar-refractivity contribution in [3.8, 4) is 5.75 Å². The van der Waals surface area contributed by atoms with Crippen molar-refractivity contribution in [2.24, 2.45) is 0 Å². The molecule has 0 aliphatic carbocycles. The van der Waals surface area contributed by atoms with Gasteiger partial charge in [0.1, 0.15) is 5.75 Å². The summed E-state index contributed by atoms with van der Waals surface area (Å²) in [6, 6.07) is 6.78. The Balaban J connectivity index is 2.22. The largest absolute Gasteiger partial charge is 0.497 e. The minimum atomic E-state index is -3.64. The molecule has 116 valence electrons. The number of sulfonamides is 1. The lowest BCUT2D eigenvalue weighted by atomic mass is 10.0. The SMILES string of the molecule is COc1ccc(NC(=O)[C@]2(C)CCCN(C)S2(=O)=O)cc1. The molecule has 0 aromatic heterocycles. The monoisotopic (exact) mass is 312 g/mol. The first-order valence-electron chi connectivity index (χ1n) is 6.72. The second-order valence-electron chi connectivity index (χ2n) is 5.34. The highest BCUT2D eigenvalue weighted by atomic mass is 32.2. The number of anilines is 1. The Labute approximate surface area is 125 Å². The van der Waals surface area contributed by atoms with Gasteiger partial charge in [0.15, 0.2) is 4.75 Å². The topological polar surface area (TPSA) is 75.7 Å². The number of amides is 1. The van der Waals surface area contributed by atoms with E-state index in [4.69, 9.17) is 4.74 Å². The van der Waals surface area contributed by atoms with Crippen LogP contribution in [0.15, 0.2) is 24.3 Å². The number of carbonyl (C=O) groups is 1. The summed E-state index contributed by atoms with van der Waals surface area (Å²) in [6.07, 6.45) is 0.990. The molecule has 6 nitrogen and oxygen atoms in total. The van der Waals surface area contributed by atoms with Crippen LogP contribution in [-0.2, 0) is 14.8 Å². The van der Waals surface area contributed by atoms with E-state index in [1.165, 1.54) is 18.3 Å². The summed E-state index contributed by atoms with van der Waals surface area (Å²) in [5.41, 5.74) is 0.547. The summed E-state index contributed by atoms with van der Waals surface area (Å²) in [7, 11) is -0.575. The van der Waals surface area contributed by atoms with Crippen LogP contribution in [0.5, 0.6) is 5.75 Å². The van der Waals surface area contributed by atoms with Gasteiger partial charge in [-0.25, -0.2) is 12.7 Å². The molecule has 1 fully saturated rings. The average Bonchev–Trinajstić information content (AvgIpc) is 2.46. The molecular formula is C14H20N2O4S. The minimum Gasteiger partial charge on any atom is -0.497 e. The fourth-order valence-corrected chi connectivity index (χ4v) is 4.15. The third kappa shape index (κ3) is 2.75. The quantitative estimate of drug-likeness (QED) is 0.916. The van der Waals surface area contributed by atoms with E-state index in [2.05, 4.69) is 5.32 Å². The summed E-state index contributed by atoms with van der Waals surface area (Å²) in [5.74, 6) is 0.170. The molecule has 7 heteroatoms. The van der Waals surface area contributed by atoms with Crippen LogP contribution < -0.4 is 10.1 Å². The molecule has 21 heavy (non-hydrogen) atoms. The molecule has 1 N–H and O–H groups in total. The van der Waals surface area contributed by atoms with Crippen LogP contribution in [0.2, 0.25) is 0 Å². The zero-order valence-electron chi connectivity index (χ0n) is 12.4. The van der Waals surface area contributed by atoms with Crippen molar-refractivity contribution in [2.75, 3.05) is 26.0 Å². The Kier molecular flexibility index (Phi) is 4.25. The van der Waals surface area contributed by atoms with Gasteiger partial charge >= 0.3 is 0 Å². The Morgan fingerprint density at radius 1 is 1.33 bits per heavy atom. The number of benzene rings is 1. The predicted octanol–water partition coefficient (Wildman–Crippen LogP) is 1.45. The maximum absolute atomic E-state index is 12.5. The molecule has 1 aliphatic rings. The van der Waals surface area contributed by atoms with Crippen LogP contribution in [0, 0.1) is 0 Å². The van der Waals surface area contributed by atoms with Crippen LogP contribution >= 0.6 is 0 Å². The van der Waals surface area contributed by atoms with E-state index >= 15 is 0 Å². The van der Waals surface area contributed by atoms with Gasteiger partial charge in [-0.15, -0.1) is 0 Å². The highest BCUT2D eigenvalue weighted by molar-refractivity contribution is 7.91. The number of methoxy groups -OCH3 is 1. The average molecular weight is 312 g/mol. The van der Waals surface area contributed by atoms with Crippen LogP contribution in [-0.4, -0.2) is 44.1 Å². The normalized spacial score (nSPS) is 25.3. The first kappa shape index (κ1) is 15.8. The Hall–Kier alpha value is -1.60. The molecule has 0 bridgehead atoms. The Morgan fingerprint density at radius 2 is 1.95 bits per heavy atom. The van der Waals surface area contributed by atoms with Gasteiger partial charge in [-0.3, -0.25) is 4.79 Å². The van der Waals surface area contributed by atoms with Crippen molar-refractivity contribution in [3.63, 3.8) is 0 Å². The molecule has 1 heterocycles. The summed E-state index contributed by atoms with van der Waals surface area (Å²) in [5, 5.41) is 2.68. The maximum Gasteiger partial charge on any atom is 0.246 e. The lowest BCUT2D eigenvalue weighted by molar-refractivity contribution is -0.118. The highest BCUT2D eigenvalue weighted by Crippen LogP contribution is 2.32. The van der Waals surface area contributed by atoms with Crippen LogP contribution in [0.1, 0.15) is 19.8 Å². The zero-order chi connectivity index (χ0) is 15.7. The van der Waals surface area contributed by atoms with Crippen molar-refractivity contribution in [1.29, 1.82) is 0 Å². The van der Waals surface area contributed by atoms with Gasteiger partial charge in [-0.2, -0.15) is 0 Å². The lowest BCUT2D eigenvalue weighted by Crippen LogP contribution is -2.56. The second kappa shape index (κ2) is 5.65. The Morgan fingerprint density at radius 3 is 2.52 bits per heavy atom. The van der Waals surface area contributed by atoms with Crippen molar-refractivity contribution >= 4 is 21.6 Å². The van der Waals surface area contributed by atoms with Crippen LogP contribution in [0.3, 0.4) is 0 Å². The number of hydrogen-bond donors (Lipinski definition) is 1. The first-order valence-corrected chi connectivity index (χ1v) is 8.16. The fourth-order valence-electron chi connectivity index (χ4n) is 2.40. The first-order chi connectivity index (χ1) is 9.81. The number of nitrogens with one attached hydrogen (secondary N) is 1. The number of rotatable bonds is 3. The predicted molar refractivity (Wildman–Crippen MR) is 80.8 cm³/mol. The van der Waals surface area contributed by atoms with Gasteiger partial charge in [-0.1, -0.05) is 0 Å². The third-order valence-corrected chi connectivity index (χ3v) is 6.47. The number of ether oxygens (including phenoxy) is 1. The molecule has 1 amide bonds. The molecule has 1 saturated heterocycles. The molecule has 1 aromatic rings. The van der Waals surface area contributed by atoms with Crippen molar-refractivity contribution in [2.45, 2.75) is 24.5 Å². The molecule has 2 rings (SSSR count). The van der Waals surface area contributed by atoms with Crippen LogP contribution in [0.4, 0.5) is 5.69 Å². The van der Waals surface area contributed by atoms with Gasteiger partial charge in [0.2, 0.25) is 15.9 Å². The summed E-state index contributed by atoms with van der Waals surface area (Å²) < 4.78 is 29.7. The second-order valence-corrected chi connectivity index (χ2v) is 7.82. The van der Waals surface area contributed by atoms with Gasteiger partial charge in [0.25, 0.3) is 0 Å². The van der Waals surface area contributed by atoms with Gasteiger partial charge in [0, 0.05) is 19.3 Å². The molecular weight excluding hydrogens is 292 g/mol. The summed E-state index contributed by atoms with van der Waals surface area (Å²) >= 11 is 0.